The standard InChI is InChI=1S/C19H23NO5S/c1-3-5-12-9-13(19(24)25-4-2)17(26-12)20-16(21)14-10-6-7-11(8-10)15(14)18(22)23/h6-7,9-11,14-15H,3-5,8H2,1-2H3,(H,20,21)(H,22,23)/p-1/t10-,11+,14+,15+/m1/s1. The molecule has 0 unspecified atom stereocenters. The highest BCUT2D eigenvalue weighted by molar-refractivity contribution is 7.16. The third-order valence-electron chi connectivity index (χ3n) is 5.05. The van der Waals surface area contributed by atoms with Crippen LogP contribution in [0.4, 0.5) is 5.00 Å². The Morgan fingerprint density at radius 2 is 1.92 bits per heavy atom. The van der Waals surface area contributed by atoms with E-state index in [9.17, 15) is 19.5 Å². The Morgan fingerprint density at radius 1 is 1.23 bits per heavy atom. The summed E-state index contributed by atoms with van der Waals surface area (Å²) in [5, 5.41) is 14.7. The number of amides is 1. The third-order valence-corrected chi connectivity index (χ3v) is 6.16. The highest BCUT2D eigenvalue weighted by Gasteiger charge is 2.48. The first-order chi connectivity index (χ1) is 12.5. The number of carboxylic acids is 1. The highest BCUT2D eigenvalue weighted by atomic mass is 32.1. The van der Waals surface area contributed by atoms with Gasteiger partial charge in [0.1, 0.15) is 5.00 Å². The molecule has 140 valence electrons. The second kappa shape index (κ2) is 7.61. The van der Waals surface area contributed by atoms with Gasteiger partial charge >= 0.3 is 5.97 Å². The molecule has 1 N–H and O–H groups in total. The number of nitrogens with one attached hydrogen (secondary N) is 1. The van der Waals surface area contributed by atoms with E-state index in [4.69, 9.17) is 4.74 Å². The predicted octanol–water partition coefficient (Wildman–Crippen LogP) is 2.00. The number of anilines is 1. The van der Waals surface area contributed by atoms with E-state index >= 15 is 0 Å². The van der Waals surface area contributed by atoms with Gasteiger partial charge in [0.25, 0.3) is 0 Å². The molecule has 7 heteroatoms. The minimum Gasteiger partial charge on any atom is -0.550 e. The van der Waals surface area contributed by atoms with Crippen molar-refractivity contribution in [2.75, 3.05) is 11.9 Å². The summed E-state index contributed by atoms with van der Waals surface area (Å²) < 4.78 is 5.08. The molecule has 0 radical (unpaired) electrons. The number of carbonyl (C=O) groups is 3. The van der Waals surface area contributed by atoms with Crippen molar-refractivity contribution < 1.29 is 24.2 Å². The molecule has 2 aliphatic carbocycles. The van der Waals surface area contributed by atoms with Gasteiger partial charge in [-0.1, -0.05) is 25.5 Å². The molecule has 4 atom stereocenters. The number of aryl methyl sites for hydroxylation is 1. The first-order valence-corrected chi connectivity index (χ1v) is 9.77. The number of allylic oxidation sites excluding steroid dienone is 2. The number of rotatable bonds is 7. The Morgan fingerprint density at radius 3 is 2.54 bits per heavy atom. The van der Waals surface area contributed by atoms with Crippen LogP contribution in [-0.2, 0) is 20.7 Å². The fourth-order valence-corrected chi connectivity index (χ4v) is 5.11. The summed E-state index contributed by atoms with van der Waals surface area (Å²) in [6.07, 6.45) is 6.15. The van der Waals surface area contributed by atoms with Gasteiger partial charge in [-0.2, -0.15) is 0 Å². The van der Waals surface area contributed by atoms with Crippen molar-refractivity contribution in [3.05, 3.63) is 28.7 Å². The van der Waals surface area contributed by atoms with Crippen LogP contribution in [0, 0.1) is 23.7 Å². The van der Waals surface area contributed by atoms with Crippen LogP contribution in [0.1, 0.15) is 41.9 Å². The van der Waals surface area contributed by atoms with E-state index < -0.39 is 23.8 Å². The van der Waals surface area contributed by atoms with Crippen molar-refractivity contribution in [2.45, 2.75) is 33.1 Å². The second-order valence-corrected chi connectivity index (χ2v) is 7.87. The Balaban J connectivity index is 1.83. The molecule has 1 heterocycles. The zero-order valence-corrected chi connectivity index (χ0v) is 15.6. The van der Waals surface area contributed by atoms with Gasteiger partial charge in [0.2, 0.25) is 5.91 Å². The Kier molecular flexibility index (Phi) is 5.46. The molecule has 26 heavy (non-hydrogen) atoms. The molecule has 3 rings (SSSR count). The quantitative estimate of drug-likeness (QED) is 0.580. The van der Waals surface area contributed by atoms with Crippen molar-refractivity contribution in [3.8, 4) is 0 Å². The smallest absolute Gasteiger partial charge is 0.341 e. The topological polar surface area (TPSA) is 95.5 Å². The molecular formula is C19H22NO5S-. The lowest BCUT2D eigenvalue weighted by atomic mass is 9.82. The maximum absolute atomic E-state index is 12.8. The maximum atomic E-state index is 12.8. The van der Waals surface area contributed by atoms with Gasteiger partial charge in [0.15, 0.2) is 0 Å². The molecule has 0 spiro atoms. The van der Waals surface area contributed by atoms with Crippen LogP contribution in [-0.4, -0.2) is 24.5 Å². The average molecular weight is 376 g/mol. The number of hydrogen-bond donors (Lipinski definition) is 1. The average Bonchev–Trinajstić information content (AvgIpc) is 3.29. The SMILES string of the molecule is CCCc1cc(C(=O)OCC)c(NC(=O)[C@@H]2[C@@H](C(=O)[O-])[C@H]3C=C[C@@H]2C3)s1. The minimum absolute atomic E-state index is 0.0935. The van der Waals surface area contributed by atoms with E-state index in [-0.39, 0.29) is 24.3 Å². The number of thiophene rings is 1. The Hall–Kier alpha value is -2.15. The van der Waals surface area contributed by atoms with Crippen LogP contribution in [0.3, 0.4) is 0 Å². The van der Waals surface area contributed by atoms with Crippen molar-refractivity contribution in [3.63, 3.8) is 0 Å². The monoisotopic (exact) mass is 376 g/mol. The van der Waals surface area contributed by atoms with Gasteiger partial charge in [-0.05, 0) is 37.7 Å². The van der Waals surface area contributed by atoms with E-state index in [2.05, 4.69) is 5.32 Å². The number of carboxylic acid groups (broad SMARTS) is 1. The summed E-state index contributed by atoms with van der Waals surface area (Å²) in [5.74, 6) is -3.76. The Bertz CT molecular complexity index is 753. The second-order valence-electron chi connectivity index (χ2n) is 6.73. The molecule has 2 bridgehead atoms. The number of fused-ring (bicyclic) bond motifs is 2. The summed E-state index contributed by atoms with van der Waals surface area (Å²) in [6, 6.07) is 1.75. The zero-order chi connectivity index (χ0) is 18.8. The first kappa shape index (κ1) is 18.6. The lowest BCUT2D eigenvalue weighted by Crippen LogP contribution is -2.42. The normalized spacial score (nSPS) is 26.1. The molecule has 0 aromatic carbocycles. The van der Waals surface area contributed by atoms with E-state index in [0.29, 0.717) is 17.0 Å². The lowest BCUT2D eigenvalue weighted by Gasteiger charge is -2.27. The highest BCUT2D eigenvalue weighted by Crippen LogP contribution is 2.48. The number of hydrogen-bond acceptors (Lipinski definition) is 6. The van der Waals surface area contributed by atoms with Crippen molar-refractivity contribution in [2.24, 2.45) is 23.7 Å². The van der Waals surface area contributed by atoms with Gasteiger partial charge < -0.3 is 20.0 Å². The summed E-state index contributed by atoms with van der Waals surface area (Å²) in [5.41, 5.74) is 0.331. The fraction of sp³-hybridized carbons (Fsp3) is 0.526. The zero-order valence-electron chi connectivity index (χ0n) is 14.8. The van der Waals surface area contributed by atoms with Crippen LogP contribution in [0.25, 0.3) is 0 Å². The lowest BCUT2D eigenvalue weighted by molar-refractivity contribution is -0.313. The van der Waals surface area contributed by atoms with Crippen molar-refractivity contribution in [1.82, 2.24) is 0 Å². The van der Waals surface area contributed by atoms with Crippen molar-refractivity contribution >= 4 is 34.2 Å². The molecule has 6 nitrogen and oxygen atoms in total. The van der Waals surface area contributed by atoms with Crippen LogP contribution < -0.4 is 10.4 Å². The van der Waals surface area contributed by atoms with Crippen LogP contribution >= 0.6 is 11.3 Å². The molecule has 0 saturated heterocycles. The van der Waals surface area contributed by atoms with Gasteiger partial charge in [0, 0.05) is 16.8 Å². The minimum atomic E-state index is -1.19. The van der Waals surface area contributed by atoms with E-state index in [0.717, 1.165) is 17.7 Å². The molecule has 1 aromatic rings. The summed E-state index contributed by atoms with van der Waals surface area (Å²) in [7, 11) is 0. The summed E-state index contributed by atoms with van der Waals surface area (Å²) in [6.45, 7) is 4.00. The molecule has 0 aliphatic heterocycles. The van der Waals surface area contributed by atoms with Crippen molar-refractivity contribution in [1.29, 1.82) is 0 Å². The molecule has 1 fully saturated rings. The Labute approximate surface area is 156 Å². The van der Waals surface area contributed by atoms with Crippen LogP contribution in [0.5, 0.6) is 0 Å². The van der Waals surface area contributed by atoms with Gasteiger partial charge in [-0.3, -0.25) is 4.79 Å². The maximum Gasteiger partial charge on any atom is 0.341 e. The van der Waals surface area contributed by atoms with Gasteiger partial charge in [0.05, 0.1) is 18.1 Å². The molecule has 1 aromatic heterocycles. The summed E-state index contributed by atoms with van der Waals surface area (Å²) in [4.78, 5) is 37.5. The van der Waals surface area contributed by atoms with E-state index in [1.54, 1.807) is 13.0 Å². The predicted molar refractivity (Wildman–Crippen MR) is 95.6 cm³/mol. The van der Waals surface area contributed by atoms with Gasteiger partial charge in [-0.15, -0.1) is 11.3 Å². The molecule has 2 aliphatic rings. The number of ether oxygens (including phenoxy) is 1. The number of carbonyl (C=O) groups excluding carboxylic acids is 3. The number of aliphatic carboxylic acids is 1. The number of esters is 1. The van der Waals surface area contributed by atoms with Crippen LogP contribution in [0.15, 0.2) is 18.2 Å². The summed E-state index contributed by atoms with van der Waals surface area (Å²) >= 11 is 1.34. The van der Waals surface area contributed by atoms with E-state index in [1.807, 2.05) is 19.1 Å². The molecule has 1 amide bonds. The largest absolute Gasteiger partial charge is 0.550 e. The molecule has 1 saturated carbocycles. The third kappa shape index (κ3) is 3.40. The fourth-order valence-electron chi connectivity index (χ4n) is 3.96. The van der Waals surface area contributed by atoms with Gasteiger partial charge in [-0.25, -0.2) is 4.79 Å². The van der Waals surface area contributed by atoms with E-state index in [1.165, 1.54) is 11.3 Å². The molecular weight excluding hydrogens is 354 g/mol. The first-order valence-electron chi connectivity index (χ1n) is 8.96. The van der Waals surface area contributed by atoms with Crippen LogP contribution in [0.2, 0.25) is 0 Å².